The number of aliphatic carboxylic acids is 1. The van der Waals surface area contributed by atoms with Gasteiger partial charge in [0.25, 0.3) is 0 Å². The average molecular weight is 179 g/mol. The predicted octanol–water partition coefficient (Wildman–Crippen LogP) is 1.84. The van der Waals surface area contributed by atoms with Gasteiger partial charge in [0.1, 0.15) is 0 Å². The number of H-pyrrole nitrogens is 1. The highest BCUT2D eigenvalue weighted by Gasteiger charge is 2.62. The first-order chi connectivity index (χ1) is 6.05. The van der Waals surface area contributed by atoms with E-state index in [2.05, 4.69) is 4.98 Å². The lowest BCUT2D eigenvalue weighted by atomic mass is 10.1. The van der Waals surface area contributed by atoms with Crippen molar-refractivity contribution in [3.8, 4) is 0 Å². The van der Waals surface area contributed by atoms with Crippen molar-refractivity contribution in [3.63, 3.8) is 0 Å². The van der Waals surface area contributed by atoms with Gasteiger partial charge >= 0.3 is 5.97 Å². The Bertz CT molecular complexity index is 327. The van der Waals surface area contributed by atoms with E-state index < -0.39 is 5.97 Å². The summed E-state index contributed by atoms with van der Waals surface area (Å²) in [6, 6.07) is 1.95. The molecule has 0 saturated heterocycles. The monoisotopic (exact) mass is 179 g/mol. The number of hydrogen-bond acceptors (Lipinski definition) is 1. The minimum atomic E-state index is -0.684. The van der Waals surface area contributed by atoms with Crippen LogP contribution in [0.1, 0.15) is 25.3 Å². The van der Waals surface area contributed by atoms with Gasteiger partial charge < -0.3 is 10.1 Å². The number of carboxylic acids is 1. The summed E-state index contributed by atoms with van der Waals surface area (Å²) in [7, 11) is 0. The fourth-order valence-electron chi connectivity index (χ4n) is 2.25. The van der Waals surface area contributed by atoms with Crippen LogP contribution < -0.4 is 0 Å². The number of aromatic nitrogens is 1. The molecule has 2 rings (SSSR count). The topological polar surface area (TPSA) is 53.1 Å². The summed E-state index contributed by atoms with van der Waals surface area (Å²) in [5.41, 5.74) is 1.02. The summed E-state index contributed by atoms with van der Waals surface area (Å²) in [6.07, 6.45) is 3.72. The molecule has 70 valence electrons. The summed E-state index contributed by atoms with van der Waals surface area (Å²) in [5.74, 6) is -0.726. The Kier molecular flexibility index (Phi) is 1.53. The standard InChI is InChI=1S/C10H13NO2/c1-10(2)7(8(10)9(12)13)6-3-4-11-5-6/h3-5,7-8,11H,1-2H3,(H,12,13)/t7-,8+/m1/s1. The van der Waals surface area contributed by atoms with Gasteiger partial charge in [-0.2, -0.15) is 0 Å². The van der Waals surface area contributed by atoms with Crippen molar-refractivity contribution in [3.05, 3.63) is 24.0 Å². The normalized spacial score (nSPS) is 30.0. The molecule has 3 heteroatoms. The Morgan fingerprint density at radius 3 is 2.69 bits per heavy atom. The highest BCUT2D eigenvalue weighted by Crippen LogP contribution is 2.64. The van der Waals surface area contributed by atoms with E-state index in [1.165, 1.54) is 0 Å². The number of nitrogens with one attached hydrogen (secondary N) is 1. The van der Waals surface area contributed by atoms with E-state index in [0.717, 1.165) is 5.56 Å². The number of rotatable bonds is 2. The molecular weight excluding hydrogens is 166 g/mol. The SMILES string of the molecule is CC1(C)[C@H](C(=O)O)[C@H]1c1cc[nH]c1. The van der Waals surface area contributed by atoms with Crippen LogP contribution in [0.15, 0.2) is 18.5 Å². The summed E-state index contributed by atoms with van der Waals surface area (Å²) in [4.78, 5) is 13.8. The van der Waals surface area contributed by atoms with Crippen LogP contribution in [0.4, 0.5) is 0 Å². The molecule has 0 aromatic carbocycles. The predicted molar refractivity (Wildman–Crippen MR) is 48.4 cm³/mol. The minimum absolute atomic E-state index is 0.0893. The molecule has 0 radical (unpaired) electrons. The number of hydrogen-bond donors (Lipinski definition) is 2. The number of aromatic amines is 1. The third-order valence-electron chi connectivity index (χ3n) is 3.07. The van der Waals surface area contributed by atoms with Gasteiger partial charge in [0.15, 0.2) is 0 Å². The molecule has 1 aliphatic carbocycles. The average Bonchev–Trinajstić information content (AvgIpc) is 2.50. The Labute approximate surface area is 76.8 Å². The molecule has 0 bridgehead atoms. The summed E-state index contributed by atoms with van der Waals surface area (Å²) in [5, 5.41) is 8.95. The molecule has 13 heavy (non-hydrogen) atoms. The van der Waals surface area contributed by atoms with E-state index in [0.29, 0.717) is 0 Å². The molecule has 0 unspecified atom stereocenters. The Hall–Kier alpha value is -1.25. The van der Waals surface area contributed by atoms with E-state index in [1.807, 2.05) is 32.3 Å². The van der Waals surface area contributed by atoms with E-state index in [-0.39, 0.29) is 17.3 Å². The maximum absolute atomic E-state index is 10.9. The molecule has 1 aliphatic rings. The third-order valence-corrected chi connectivity index (χ3v) is 3.07. The van der Waals surface area contributed by atoms with Crippen LogP contribution in [-0.2, 0) is 4.79 Å². The van der Waals surface area contributed by atoms with Crippen LogP contribution in [-0.4, -0.2) is 16.1 Å². The first-order valence-electron chi connectivity index (χ1n) is 4.40. The smallest absolute Gasteiger partial charge is 0.307 e. The zero-order chi connectivity index (χ0) is 9.64. The van der Waals surface area contributed by atoms with E-state index in [4.69, 9.17) is 5.11 Å². The van der Waals surface area contributed by atoms with Crippen molar-refractivity contribution < 1.29 is 9.90 Å². The molecule has 2 atom stereocenters. The first-order valence-corrected chi connectivity index (χ1v) is 4.40. The van der Waals surface area contributed by atoms with Crippen molar-refractivity contribution in [1.29, 1.82) is 0 Å². The van der Waals surface area contributed by atoms with Crippen LogP contribution in [0, 0.1) is 11.3 Å². The third kappa shape index (κ3) is 1.07. The molecule has 0 amide bonds. The lowest BCUT2D eigenvalue weighted by Gasteiger charge is -1.98. The van der Waals surface area contributed by atoms with Gasteiger partial charge in [-0.3, -0.25) is 4.79 Å². The maximum Gasteiger partial charge on any atom is 0.307 e. The second-order valence-electron chi connectivity index (χ2n) is 4.26. The van der Waals surface area contributed by atoms with Gasteiger partial charge in [0.2, 0.25) is 0 Å². The van der Waals surface area contributed by atoms with Gasteiger partial charge in [-0.25, -0.2) is 0 Å². The Morgan fingerprint density at radius 2 is 2.31 bits per heavy atom. The molecule has 1 aromatic heterocycles. The van der Waals surface area contributed by atoms with Crippen molar-refractivity contribution in [2.24, 2.45) is 11.3 Å². The van der Waals surface area contributed by atoms with Crippen LogP contribution >= 0.6 is 0 Å². The number of carbonyl (C=O) groups is 1. The second kappa shape index (κ2) is 2.37. The summed E-state index contributed by atoms with van der Waals surface area (Å²) < 4.78 is 0. The molecular formula is C10H13NO2. The van der Waals surface area contributed by atoms with Gasteiger partial charge in [-0.1, -0.05) is 13.8 Å². The van der Waals surface area contributed by atoms with Gasteiger partial charge in [0, 0.05) is 18.3 Å². The molecule has 1 saturated carbocycles. The highest BCUT2D eigenvalue weighted by molar-refractivity contribution is 5.77. The van der Waals surface area contributed by atoms with Crippen molar-refractivity contribution in [2.75, 3.05) is 0 Å². The van der Waals surface area contributed by atoms with Crippen LogP contribution in [0.3, 0.4) is 0 Å². The molecule has 3 nitrogen and oxygen atoms in total. The quantitative estimate of drug-likeness (QED) is 0.727. The molecule has 1 aromatic rings. The molecule has 0 aliphatic heterocycles. The van der Waals surface area contributed by atoms with Crippen molar-refractivity contribution >= 4 is 5.97 Å². The van der Waals surface area contributed by atoms with Crippen molar-refractivity contribution in [2.45, 2.75) is 19.8 Å². The summed E-state index contributed by atoms with van der Waals surface area (Å²) >= 11 is 0. The second-order valence-corrected chi connectivity index (χ2v) is 4.26. The summed E-state index contributed by atoms with van der Waals surface area (Å²) in [6.45, 7) is 4.01. The lowest BCUT2D eigenvalue weighted by Crippen LogP contribution is -2.02. The van der Waals surface area contributed by atoms with Crippen LogP contribution in [0.2, 0.25) is 0 Å². The Morgan fingerprint density at radius 1 is 1.62 bits per heavy atom. The molecule has 2 N–H and O–H groups in total. The fourth-order valence-corrected chi connectivity index (χ4v) is 2.25. The largest absolute Gasteiger partial charge is 0.481 e. The molecule has 1 fully saturated rings. The maximum atomic E-state index is 10.9. The zero-order valence-corrected chi connectivity index (χ0v) is 7.74. The minimum Gasteiger partial charge on any atom is -0.481 e. The molecule has 1 heterocycles. The van der Waals surface area contributed by atoms with Crippen LogP contribution in [0.25, 0.3) is 0 Å². The number of carboxylic acid groups (broad SMARTS) is 1. The molecule has 0 spiro atoms. The van der Waals surface area contributed by atoms with Crippen LogP contribution in [0.5, 0.6) is 0 Å². The highest BCUT2D eigenvalue weighted by atomic mass is 16.4. The first kappa shape index (κ1) is 8.35. The van der Waals surface area contributed by atoms with E-state index in [1.54, 1.807) is 0 Å². The van der Waals surface area contributed by atoms with Gasteiger partial charge in [-0.05, 0) is 17.0 Å². The Balaban J connectivity index is 2.25. The van der Waals surface area contributed by atoms with E-state index in [9.17, 15) is 4.79 Å². The van der Waals surface area contributed by atoms with E-state index >= 15 is 0 Å². The van der Waals surface area contributed by atoms with Crippen molar-refractivity contribution in [1.82, 2.24) is 4.98 Å². The van der Waals surface area contributed by atoms with Gasteiger partial charge in [-0.15, -0.1) is 0 Å². The van der Waals surface area contributed by atoms with Gasteiger partial charge in [0.05, 0.1) is 5.92 Å². The zero-order valence-electron chi connectivity index (χ0n) is 7.74. The fraction of sp³-hybridized carbons (Fsp3) is 0.500. The lowest BCUT2D eigenvalue weighted by molar-refractivity contribution is -0.139.